The average Bonchev–Trinajstić information content (AvgIpc) is 3.33. The lowest BCUT2D eigenvalue weighted by atomic mass is 10.0. The minimum absolute atomic E-state index is 0.348. The molecule has 3 heterocycles. The second-order valence-corrected chi connectivity index (χ2v) is 9.76. The molecule has 1 aliphatic carbocycles. The van der Waals surface area contributed by atoms with Gasteiger partial charge in [-0.15, -0.1) is 10.2 Å². The Morgan fingerprint density at radius 3 is 2.65 bits per heavy atom. The number of hydrogen-bond acceptors (Lipinski definition) is 5. The van der Waals surface area contributed by atoms with Crippen LogP contribution in [0.1, 0.15) is 25.7 Å². The number of ether oxygens (including phenoxy) is 2. The summed E-state index contributed by atoms with van der Waals surface area (Å²) in [5.74, 6) is 3.04. The largest absolute Gasteiger partial charge is 0.476 e. The highest BCUT2D eigenvalue weighted by Crippen LogP contribution is 2.42. The van der Waals surface area contributed by atoms with Gasteiger partial charge in [0.15, 0.2) is 0 Å². The monoisotopic (exact) mass is 445 g/mol. The van der Waals surface area contributed by atoms with Gasteiger partial charge in [-0.05, 0) is 73.6 Å². The fourth-order valence-electron chi connectivity index (χ4n) is 5.56. The normalized spacial score (nSPS) is 28.6. The lowest BCUT2D eigenvalue weighted by Crippen LogP contribution is -2.33. The van der Waals surface area contributed by atoms with Crippen LogP contribution >= 0.6 is 11.6 Å². The Labute approximate surface area is 187 Å². The maximum Gasteiger partial charge on any atom is 0.233 e. The van der Waals surface area contributed by atoms with Gasteiger partial charge in [-0.1, -0.05) is 11.6 Å². The minimum Gasteiger partial charge on any atom is -0.476 e. The van der Waals surface area contributed by atoms with Gasteiger partial charge >= 0.3 is 0 Å². The molecule has 2 aliphatic heterocycles. The first-order valence-electron chi connectivity index (χ1n) is 11.4. The highest BCUT2D eigenvalue weighted by Gasteiger charge is 2.41. The average molecular weight is 446 g/mol. The molecule has 2 saturated heterocycles. The van der Waals surface area contributed by atoms with E-state index in [9.17, 15) is 4.39 Å². The molecule has 0 N–H and O–H groups in total. The van der Waals surface area contributed by atoms with Gasteiger partial charge in [-0.3, -0.25) is 0 Å². The Morgan fingerprint density at radius 1 is 1.10 bits per heavy atom. The van der Waals surface area contributed by atoms with E-state index in [1.54, 1.807) is 12.1 Å². The predicted molar refractivity (Wildman–Crippen MR) is 118 cm³/mol. The summed E-state index contributed by atoms with van der Waals surface area (Å²) >= 11 is 6.15. The van der Waals surface area contributed by atoms with Crippen molar-refractivity contribution in [2.24, 2.45) is 23.7 Å². The van der Waals surface area contributed by atoms with Gasteiger partial charge in [0.05, 0.1) is 23.9 Å². The zero-order valence-electron chi connectivity index (χ0n) is 17.7. The smallest absolute Gasteiger partial charge is 0.233 e. The van der Waals surface area contributed by atoms with E-state index in [1.165, 1.54) is 63.5 Å². The number of hydrogen-bond donors (Lipinski definition) is 0. The molecule has 4 atom stereocenters. The number of nitrogens with zero attached hydrogens (tertiary/aromatic N) is 3. The molecular weight excluding hydrogens is 417 g/mol. The fraction of sp³-hybridized carbons (Fsp3) is 0.583. The second-order valence-electron chi connectivity index (χ2n) is 9.35. The van der Waals surface area contributed by atoms with Gasteiger partial charge in [0.1, 0.15) is 5.82 Å². The Kier molecular flexibility index (Phi) is 6.39. The molecule has 3 aliphatic rings. The Balaban J connectivity index is 1.09. The second kappa shape index (κ2) is 9.39. The van der Waals surface area contributed by atoms with Crippen LogP contribution in [0.2, 0.25) is 5.02 Å². The molecule has 31 heavy (non-hydrogen) atoms. The SMILES string of the molecule is Fc1ccc(Cl)c(-c2ccc(OCC3C[C@@H]4CN(CC5CCCOC5)C[C@@H]4C3)nn2)c1. The lowest BCUT2D eigenvalue weighted by Gasteiger charge is -2.27. The number of benzene rings is 1. The quantitative estimate of drug-likeness (QED) is 0.645. The van der Waals surface area contributed by atoms with Crippen molar-refractivity contribution in [3.8, 4) is 17.1 Å². The highest BCUT2D eigenvalue weighted by atomic mass is 35.5. The zero-order valence-corrected chi connectivity index (χ0v) is 18.4. The standard InChI is InChI=1S/C24H29ClFN3O2/c25-22-4-3-20(26)10-21(22)23-5-6-24(28-27-23)31-15-17-8-18-12-29(13-19(18)9-17)11-16-2-1-7-30-14-16/h3-6,10,16-19H,1-2,7-9,11-15H2/t16?,17?,18-,19+. The molecule has 3 fully saturated rings. The molecule has 1 aromatic heterocycles. The van der Waals surface area contributed by atoms with Crippen LogP contribution in [0.25, 0.3) is 11.3 Å². The van der Waals surface area contributed by atoms with Crippen LogP contribution in [0.4, 0.5) is 4.39 Å². The summed E-state index contributed by atoms with van der Waals surface area (Å²) in [5, 5.41) is 8.79. The molecule has 0 bridgehead atoms. The van der Waals surface area contributed by atoms with E-state index < -0.39 is 0 Å². The maximum atomic E-state index is 13.5. The van der Waals surface area contributed by atoms with Crippen molar-refractivity contribution >= 4 is 11.6 Å². The Bertz CT molecular complexity index is 877. The number of likely N-dealkylation sites (tertiary alicyclic amines) is 1. The van der Waals surface area contributed by atoms with Crippen molar-refractivity contribution < 1.29 is 13.9 Å². The third-order valence-corrected chi connectivity index (χ3v) is 7.34. The van der Waals surface area contributed by atoms with Gasteiger partial charge in [0.25, 0.3) is 0 Å². The topological polar surface area (TPSA) is 47.5 Å². The molecule has 2 unspecified atom stereocenters. The number of fused-ring (bicyclic) bond motifs is 1. The van der Waals surface area contributed by atoms with E-state index in [-0.39, 0.29) is 5.82 Å². The molecule has 1 saturated carbocycles. The van der Waals surface area contributed by atoms with E-state index in [1.807, 2.05) is 0 Å². The van der Waals surface area contributed by atoms with Gasteiger partial charge in [-0.25, -0.2) is 4.39 Å². The van der Waals surface area contributed by atoms with Gasteiger partial charge in [-0.2, -0.15) is 0 Å². The highest BCUT2D eigenvalue weighted by molar-refractivity contribution is 6.33. The number of rotatable bonds is 6. The van der Waals surface area contributed by atoms with Crippen LogP contribution in [-0.4, -0.2) is 54.6 Å². The molecular formula is C24H29ClFN3O2. The van der Waals surface area contributed by atoms with E-state index in [0.29, 0.717) is 34.7 Å². The van der Waals surface area contributed by atoms with Crippen molar-refractivity contribution in [2.45, 2.75) is 25.7 Å². The van der Waals surface area contributed by atoms with Crippen molar-refractivity contribution in [1.29, 1.82) is 0 Å². The number of halogens is 2. The maximum absolute atomic E-state index is 13.5. The zero-order chi connectivity index (χ0) is 21.2. The van der Waals surface area contributed by atoms with Crippen LogP contribution in [0.5, 0.6) is 5.88 Å². The van der Waals surface area contributed by atoms with Crippen LogP contribution in [0, 0.1) is 29.5 Å². The molecule has 5 nitrogen and oxygen atoms in total. The van der Waals surface area contributed by atoms with E-state index in [4.69, 9.17) is 21.1 Å². The van der Waals surface area contributed by atoms with Crippen LogP contribution < -0.4 is 4.74 Å². The molecule has 0 spiro atoms. The third kappa shape index (κ3) is 5.02. The van der Waals surface area contributed by atoms with Crippen LogP contribution in [0.15, 0.2) is 30.3 Å². The minimum atomic E-state index is -0.348. The van der Waals surface area contributed by atoms with Crippen LogP contribution in [0.3, 0.4) is 0 Å². The van der Waals surface area contributed by atoms with E-state index >= 15 is 0 Å². The van der Waals surface area contributed by atoms with Gasteiger partial charge in [0, 0.05) is 37.9 Å². The molecule has 7 heteroatoms. The summed E-state index contributed by atoms with van der Waals surface area (Å²) in [5.41, 5.74) is 1.07. The van der Waals surface area contributed by atoms with Crippen molar-refractivity contribution in [2.75, 3.05) is 39.5 Å². The van der Waals surface area contributed by atoms with Crippen molar-refractivity contribution in [3.63, 3.8) is 0 Å². The Morgan fingerprint density at radius 2 is 1.94 bits per heavy atom. The molecule has 0 radical (unpaired) electrons. The van der Waals surface area contributed by atoms with Gasteiger partial charge < -0.3 is 14.4 Å². The van der Waals surface area contributed by atoms with Crippen LogP contribution in [-0.2, 0) is 4.74 Å². The summed E-state index contributed by atoms with van der Waals surface area (Å²) < 4.78 is 25.1. The summed E-state index contributed by atoms with van der Waals surface area (Å²) in [6.45, 7) is 6.20. The first-order chi connectivity index (χ1) is 15.1. The molecule has 0 amide bonds. The molecule has 5 rings (SSSR count). The predicted octanol–water partition coefficient (Wildman–Crippen LogP) is 4.70. The summed E-state index contributed by atoms with van der Waals surface area (Å²) in [6.07, 6.45) is 4.98. The summed E-state index contributed by atoms with van der Waals surface area (Å²) in [6, 6.07) is 7.79. The first kappa shape index (κ1) is 21.1. The summed E-state index contributed by atoms with van der Waals surface area (Å²) in [4.78, 5) is 2.66. The van der Waals surface area contributed by atoms with E-state index in [0.717, 1.165) is 31.0 Å². The first-order valence-corrected chi connectivity index (χ1v) is 11.7. The van der Waals surface area contributed by atoms with Crippen molar-refractivity contribution in [3.05, 3.63) is 41.2 Å². The summed E-state index contributed by atoms with van der Waals surface area (Å²) in [7, 11) is 0. The Hall–Kier alpha value is -1.76. The fourth-order valence-corrected chi connectivity index (χ4v) is 5.78. The molecule has 2 aromatic rings. The van der Waals surface area contributed by atoms with Crippen molar-refractivity contribution in [1.82, 2.24) is 15.1 Å². The van der Waals surface area contributed by atoms with E-state index in [2.05, 4.69) is 15.1 Å². The van der Waals surface area contributed by atoms with Gasteiger partial charge in [0.2, 0.25) is 5.88 Å². The number of aromatic nitrogens is 2. The lowest BCUT2D eigenvalue weighted by molar-refractivity contribution is 0.0404. The third-order valence-electron chi connectivity index (χ3n) is 7.01. The molecule has 166 valence electrons. The molecule has 1 aromatic carbocycles.